The number of hydrogen-bond donors (Lipinski definition) is 3. The fraction of sp³-hybridized carbons (Fsp3) is 0.556. The number of aryl methyl sites for hydroxylation is 1. The second kappa shape index (κ2) is 5.23. The highest BCUT2D eigenvalue weighted by Crippen LogP contribution is 2.09. The first-order valence-electron chi connectivity index (χ1n) is 4.87. The fourth-order valence-electron chi connectivity index (χ4n) is 1.32. The summed E-state index contributed by atoms with van der Waals surface area (Å²) in [6, 6.07) is 0.157. The van der Waals surface area contributed by atoms with E-state index in [1.165, 1.54) is 0 Å². The first kappa shape index (κ1) is 11.4. The number of aromatic nitrogens is 2. The van der Waals surface area contributed by atoms with E-state index < -0.39 is 0 Å². The van der Waals surface area contributed by atoms with Crippen LogP contribution in [0.2, 0.25) is 0 Å². The van der Waals surface area contributed by atoms with E-state index in [9.17, 15) is 0 Å². The monoisotopic (exact) mass is 211 g/mol. The summed E-state index contributed by atoms with van der Waals surface area (Å²) in [5.41, 5.74) is 6.39. The Morgan fingerprint density at radius 3 is 3.00 bits per heavy atom. The summed E-state index contributed by atoms with van der Waals surface area (Å²) in [7, 11) is 1.86. The van der Waals surface area contributed by atoms with Crippen molar-refractivity contribution >= 4 is 11.5 Å². The van der Waals surface area contributed by atoms with Crippen molar-refractivity contribution in [2.24, 2.45) is 17.9 Å². The molecule has 0 aliphatic carbocycles. The molecule has 0 amide bonds. The molecule has 4 N–H and O–H groups in total. The van der Waals surface area contributed by atoms with Crippen LogP contribution in [0.5, 0.6) is 0 Å². The second-order valence-electron chi connectivity index (χ2n) is 3.45. The standard InChI is InChI=1S/C9H17N5O/c1-3-7(4-9(10)13-15)12-8-5-11-14(2)6-8/h5-7,12,15H,3-4H2,1-2H3,(H2,10,13). The highest BCUT2D eigenvalue weighted by Gasteiger charge is 2.09. The molecule has 0 saturated heterocycles. The number of amidine groups is 1. The molecule has 0 bridgehead atoms. The van der Waals surface area contributed by atoms with Crippen LogP contribution in [0.4, 0.5) is 5.69 Å². The largest absolute Gasteiger partial charge is 0.409 e. The van der Waals surface area contributed by atoms with E-state index in [0.29, 0.717) is 6.42 Å². The Labute approximate surface area is 88.8 Å². The molecule has 0 saturated carbocycles. The minimum atomic E-state index is 0.157. The summed E-state index contributed by atoms with van der Waals surface area (Å²) in [5.74, 6) is 0.234. The van der Waals surface area contributed by atoms with Crippen LogP contribution in [0, 0.1) is 0 Å². The molecule has 0 aliphatic heterocycles. The maximum absolute atomic E-state index is 8.47. The lowest BCUT2D eigenvalue weighted by Gasteiger charge is -2.15. The number of anilines is 1. The predicted molar refractivity (Wildman–Crippen MR) is 58.9 cm³/mol. The van der Waals surface area contributed by atoms with Gasteiger partial charge in [0.1, 0.15) is 5.84 Å². The van der Waals surface area contributed by atoms with Gasteiger partial charge in [0.25, 0.3) is 0 Å². The quantitative estimate of drug-likeness (QED) is 0.290. The molecule has 0 spiro atoms. The van der Waals surface area contributed by atoms with E-state index in [1.807, 2.05) is 20.2 Å². The number of rotatable bonds is 5. The summed E-state index contributed by atoms with van der Waals surface area (Å²) in [5, 5.41) is 18.7. The van der Waals surface area contributed by atoms with Crippen molar-refractivity contribution in [1.82, 2.24) is 9.78 Å². The third-order valence-corrected chi connectivity index (χ3v) is 2.15. The molecule has 0 radical (unpaired) electrons. The van der Waals surface area contributed by atoms with Crippen molar-refractivity contribution in [3.63, 3.8) is 0 Å². The Bertz CT molecular complexity index is 333. The van der Waals surface area contributed by atoms with E-state index in [-0.39, 0.29) is 11.9 Å². The van der Waals surface area contributed by atoms with Crippen LogP contribution in [0.15, 0.2) is 17.5 Å². The minimum Gasteiger partial charge on any atom is -0.409 e. The van der Waals surface area contributed by atoms with E-state index in [0.717, 1.165) is 12.1 Å². The van der Waals surface area contributed by atoms with Crippen LogP contribution in [0.25, 0.3) is 0 Å². The minimum absolute atomic E-state index is 0.157. The summed E-state index contributed by atoms with van der Waals surface area (Å²) < 4.78 is 1.72. The predicted octanol–water partition coefficient (Wildman–Crippen LogP) is 0.747. The van der Waals surface area contributed by atoms with Crippen molar-refractivity contribution in [2.45, 2.75) is 25.8 Å². The topological polar surface area (TPSA) is 88.5 Å². The van der Waals surface area contributed by atoms with Gasteiger partial charge in [-0.15, -0.1) is 0 Å². The van der Waals surface area contributed by atoms with E-state index >= 15 is 0 Å². The molecule has 1 rings (SSSR count). The van der Waals surface area contributed by atoms with Gasteiger partial charge in [0.05, 0.1) is 11.9 Å². The molecule has 1 atom stereocenters. The Morgan fingerprint density at radius 1 is 1.80 bits per heavy atom. The maximum atomic E-state index is 8.47. The SMILES string of the molecule is CCC(CC(N)=NO)Nc1cnn(C)c1. The van der Waals surface area contributed by atoms with Gasteiger partial charge in [0.15, 0.2) is 0 Å². The van der Waals surface area contributed by atoms with Crippen molar-refractivity contribution in [3.05, 3.63) is 12.4 Å². The highest BCUT2D eigenvalue weighted by molar-refractivity contribution is 5.80. The number of oxime groups is 1. The van der Waals surface area contributed by atoms with Crippen LogP contribution >= 0.6 is 0 Å². The van der Waals surface area contributed by atoms with Crippen LogP contribution in [-0.4, -0.2) is 26.9 Å². The van der Waals surface area contributed by atoms with Gasteiger partial charge in [0, 0.05) is 25.7 Å². The van der Waals surface area contributed by atoms with Gasteiger partial charge >= 0.3 is 0 Å². The molecule has 0 aliphatic rings. The molecule has 6 nitrogen and oxygen atoms in total. The molecule has 1 unspecified atom stereocenters. The lowest BCUT2D eigenvalue weighted by atomic mass is 10.1. The average molecular weight is 211 g/mol. The number of nitrogens with one attached hydrogen (secondary N) is 1. The van der Waals surface area contributed by atoms with Crippen LogP contribution in [-0.2, 0) is 7.05 Å². The first-order valence-corrected chi connectivity index (χ1v) is 4.87. The van der Waals surface area contributed by atoms with Gasteiger partial charge in [-0.2, -0.15) is 5.10 Å². The van der Waals surface area contributed by atoms with Gasteiger partial charge in [-0.3, -0.25) is 4.68 Å². The zero-order valence-electron chi connectivity index (χ0n) is 9.01. The third-order valence-electron chi connectivity index (χ3n) is 2.15. The van der Waals surface area contributed by atoms with E-state index in [2.05, 4.69) is 15.6 Å². The lowest BCUT2D eigenvalue weighted by Crippen LogP contribution is -2.26. The Hall–Kier alpha value is -1.72. The van der Waals surface area contributed by atoms with Gasteiger partial charge in [-0.1, -0.05) is 12.1 Å². The van der Waals surface area contributed by atoms with Crippen molar-refractivity contribution < 1.29 is 5.21 Å². The van der Waals surface area contributed by atoms with Crippen LogP contribution < -0.4 is 11.1 Å². The van der Waals surface area contributed by atoms with Gasteiger partial charge in [-0.05, 0) is 6.42 Å². The van der Waals surface area contributed by atoms with Crippen LogP contribution in [0.3, 0.4) is 0 Å². The molecule has 1 heterocycles. The molecule has 0 aromatic carbocycles. The fourth-order valence-corrected chi connectivity index (χ4v) is 1.32. The zero-order valence-corrected chi connectivity index (χ0v) is 9.01. The van der Waals surface area contributed by atoms with Crippen molar-refractivity contribution in [3.8, 4) is 0 Å². The number of hydrogen-bond acceptors (Lipinski definition) is 4. The zero-order chi connectivity index (χ0) is 11.3. The first-order chi connectivity index (χ1) is 7.15. The molecule has 15 heavy (non-hydrogen) atoms. The molecular weight excluding hydrogens is 194 g/mol. The molecule has 0 fully saturated rings. The second-order valence-corrected chi connectivity index (χ2v) is 3.45. The Balaban J connectivity index is 2.54. The summed E-state index contributed by atoms with van der Waals surface area (Å²) in [6.07, 6.45) is 5.04. The van der Waals surface area contributed by atoms with E-state index in [1.54, 1.807) is 10.9 Å². The molecular formula is C9H17N5O. The van der Waals surface area contributed by atoms with Gasteiger partial charge in [-0.25, -0.2) is 0 Å². The number of nitrogens with two attached hydrogens (primary N) is 1. The average Bonchev–Trinajstić information content (AvgIpc) is 2.62. The Morgan fingerprint density at radius 2 is 2.53 bits per heavy atom. The molecule has 1 aromatic rings. The number of nitrogens with zero attached hydrogens (tertiary/aromatic N) is 3. The van der Waals surface area contributed by atoms with Crippen LogP contribution in [0.1, 0.15) is 19.8 Å². The van der Waals surface area contributed by atoms with Crippen molar-refractivity contribution in [1.29, 1.82) is 0 Å². The molecule has 1 aromatic heterocycles. The normalized spacial score (nSPS) is 13.9. The van der Waals surface area contributed by atoms with Gasteiger partial charge < -0.3 is 16.3 Å². The van der Waals surface area contributed by atoms with Gasteiger partial charge in [0.2, 0.25) is 0 Å². The summed E-state index contributed by atoms with van der Waals surface area (Å²) >= 11 is 0. The maximum Gasteiger partial charge on any atom is 0.141 e. The smallest absolute Gasteiger partial charge is 0.141 e. The summed E-state index contributed by atoms with van der Waals surface area (Å²) in [4.78, 5) is 0. The lowest BCUT2D eigenvalue weighted by molar-refractivity contribution is 0.316. The third kappa shape index (κ3) is 3.49. The van der Waals surface area contributed by atoms with E-state index in [4.69, 9.17) is 10.9 Å². The molecule has 6 heteroatoms. The van der Waals surface area contributed by atoms with Crippen molar-refractivity contribution in [2.75, 3.05) is 5.32 Å². The highest BCUT2D eigenvalue weighted by atomic mass is 16.4. The molecule has 84 valence electrons. The Kier molecular flexibility index (Phi) is 3.96. The summed E-state index contributed by atoms with van der Waals surface area (Å²) in [6.45, 7) is 2.04.